The summed E-state index contributed by atoms with van der Waals surface area (Å²) in [5.41, 5.74) is 3.48. The highest BCUT2D eigenvalue weighted by Crippen LogP contribution is 2.24. The van der Waals surface area contributed by atoms with Crippen molar-refractivity contribution in [1.29, 1.82) is 0 Å². The van der Waals surface area contributed by atoms with E-state index in [1.165, 1.54) is 11.6 Å². The molecule has 0 saturated heterocycles. The van der Waals surface area contributed by atoms with Crippen molar-refractivity contribution < 1.29 is 45.4 Å². The Kier molecular flexibility index (Phi) is 7.93. The molecule has 0 amide bonds. The zero-order valence-electron chi connectivity index (χ0n) is 16.9. The molecule has 2 heterocycles. The van der Waals surface area contributed by atoms with Crippen LogP contribution < -0.4 is 33.8 Å². The third-order valence-electron chi connectivity index (χ3n) is 4.78. The molecule has 11 heteroatoms. The zero-order valence-corrected chi connectivity index (χ0v) is 19.1. The summed E-state index contributed by atoms with van der Waals surface area (Å²) >= 11 is -3.76. The molecule has 0 spiro atoms. The lowest BCUT2D eigenvalue weighted by Crippen LogP contribution is -3.98. The number of benzene rings is 2. The van der Waals surface area contributed by atoms with E-state index in [2.05, 4.69) is 34.0 Å². The highest BCUT2D eigenvalue weighted by molar-refractivity contribution is 6.02. The van der Waals surface area contributed by atoms with E-state index < -0.39 is 32.9 Å². The smallest absolute Gasteiger partial charge is 0.396 e. The lowest BCUT2D eigenvalue weighted by molar-refractivity contribution is -1.63. The number of nitrogens with two attached hydrogens (primary N) is 1. The molecule has 0 saturated carbocycles. The molecule has 2 aromatic carbocycles. The summed E-state index contributed by atoms with van der Waals surface area (Å²) in [6.45, 7) is 3.94. The van der Waals surface area contributed by atoms with Gasteiger partial charge in [0.25, 0.3) is 0 Å². The van der Waals surface area contributed by atoms with Crippen molar-refractivity contribution in [1.82, 2.24) is 14.7 Å². The first-order chi connectivity index (χ1) is 15.3. The van der Waals surface area contributed by atoms with Crippen molar-refractivity contribution in [3.8, 4) is 5.69 Å². The summed E-state index contributed by atoms with van der Waals surface area (Å²) in [6.07, 6.45) is 7.90. The number of hydrogen-bond acceptors (Lipinski definition) is 8. The maximum absolute atomic E-state index is 13.8. The molecule has 0 unspecified atom stereocenters. The van der Waals surface area contributed by atoms with Crippen LogP contribution in [0.25, 0.3) is 22.2 Å². The predicted molar refractivity (Wildman–Crippen MR) is 107 cm³/mol. The van der Waals surface area contributed by atoms with E-state index in [0.29, 0.717) is 10.9 Å². The number of rotatable bonds is 4. The fourth-order valence-electron chi connectivity index (χ4n) is 3.29. The number of nitrogens with zero attached hydrogens (tertiary/aromatic N) is 3. The van der Waals surface area contributed by atoms with Gasteiger partial charge >= 0.3 is 27.0 Å². The lowest BCUT2D eigenvalue weighted by Gasteiger charge is -2.23. The quantitative estimate of drug-likeness (QED) is 0.267. The van der Waals surface area contributed by atoms with E-state index in [1.54, 1.807) is 10.9 Å². The average Bonchev–Trinajstić information content (AvgIpc) is 3.21. The van der Waals surface area contributed by atoms with Crippen molar-refractivity contribution in [2.75, 3.05) is 13.1 Å². The van der Waals surface area contributed by atoms with Gasteiger partial charge in [-0.15, -0.1) is 0 Å². The Balaban J connectivity index is 0.000000668. The van der Waals surface area contributed by atoms with Crippen molar-refractivity contribution in [2.24, 2.45) is 5.90 Å². The van der Waals surface area contributed by atoms with Crippen molar-refractivity contribution in [2.45, 2.75) is 6.92 Å². The van der Waals surface area contributed by atoms with Gasteiger partial charge < -0.3 is 16.6 Å². The fraction of sp³-hybridized carbons (Fsp3) is 0.143. The number of halogens is 2. The molecule has 1 aromatic heterocycles. The molecule has 4 rings (SSSR count). The highest BCUT2D eigenvalue weighted by Gasteiger charge is 2.17. The topological polar surface area (TPSA) is 140 Å². The molecular formula is C21H20FIN4O5. The summed E-state index contributed by atoms with van der Waals surface area (Å²) in [5, 5.41) is 4.91. The molecule has 0 radical (unpaired) electrons. The van der Waals surface area contributed by atoms with Crippen molar-refractivity contribution in [3.63, 3.8) is 0 Å². The number of carbonyl (C=O) groups is 1. The normalized spacial score (nSPS) is 13.1. The van der Waals surface area contributed by atoms with Gasteiger partial charge in [-0.3, -0.25) is 0 Å². The summed E-state index contributed by atoms with van der Waals surface area (Å²) in [4.78, 5) is 18.3. The first-order valence-corrected chi connectivity index (χ1v) is 12.1. The van der Waals surface area contributed by atoms with Crippen molar-refractivity contribution >= 4 is 22.4 Å². The van der Waals surface area contributed by atoms with Crippen LogP contribution in [0.4, 0.5) is 4.39 Å². The molecule has 3 N–H and O–H groups in total. The van der Waals surface area contributed by atoms with Crippen LogP contribution in [0, 0.1) is 5.82 Å². The maximum Gasteiger partial charge on any atom is 0.503 e. The summed E-state index contributed by atoms with van der Waals surface area (Å²) in [7, 11) is 0. The van der Waals surface area contributed by atoms with Crippen LogP contribution in [-0.4, -0.2) is 37.2 Å². The van der Waals surface area contributed by atoms with Gasteiger partial charge in [0.15, 0.2) is 0 Å². The zero-order chi connectivity index (χ0) is 23.3. The minimum atomic E-state index is -3.76. The summed E-state index contributed by atoms with van der Waals surface area (Å²) in [5.74, 6) is 3.56. The Hall–Kier alpha value is -2.84. The van der Waals surface area contributed by atoms with Crippen LogP contribution in [0.15, 0.2) is 60.9 Å². The van der Waals surface area contributed by atoms with Crippen LogP contribution in [-0.2, 0) is 4.84 Å². The molecule has 0 aliphatic carbocycles. The molecule has 3 aromatic rings. The van der Waals surface area contributed by atoms with Crippen LogP contribution in [0.5, 0.6) is 0 Å². The van der Waals surface area contributed by atoms with Crippen LogP contribution in [0.1, 0.15) is 22.8 Å². The molecule has 32 heavy (non-hydrogen) atoms. The Morgan fingerprint density at radius 2 is 2.00 bits per heavy atom. The van der Waals surface area contributed by atoms with Gasteiger partial charge in [0, 0.05) is 24.7 Å². The minimum absolute atomic E-state index is 0.00771. The van der Waals surface area contributed by atoms with E-state index >= 15 is 0 Å². The number of allylic oxidation sites excluding steroid dienone is 2. The number of aromatic nitrogens is 2. The van der Waals surface area contributed by atoms with Gasteiger partial charge in [0.1, 0.15) is 11.3 Å². The van der Waals surface area contributed by atoms with Crippen LogP contribution in [0.2, 0.25) is 0 Å². The lowest BCUT2D eigenvalue weighted by atomic mass is 10.0. The second-order valence-corrected chi connectivity index (χ2v) is 7.86. The van der Waals surface area contributed by atoms with Gasteiger partial charge in [-0.05, 0) is 58.0 Å². The monoisotopic (exact) mass is 554 g/mol. The fourth-order valence-corrected chi connectivity index (χ4v) is 3.29. The first-order valence-electron chi connectivity index (χ1n) is 9.39. The Labute approximate surface area is 191 Å². The van der Waals surface area contributed by atoms with E-state index in [0.717, 1.165) is 30.4 Å². The third-order valence-corrected chi connectivity index (χ3v) is 4.78. The molecule has 168 valence electrons. The van der Waals surface area contributed by atoms with Gasteiger partial charge in [-0.1, -0.05) is 18.2 Å². The first kappa shape index (κ1) is 23.8. The minimum Gasteiger partial charge on any atom is -0.396 e. The number of likely N-dealkylation sites (N-methyl/N-ethyl adjacent to an activating group) is 1. The molecule has 0 bridgehead atoms. The van der Waals surface area contributed by atoms with E-state index in [9.17, 15) is 9.18 Å². The van der Waals surface area contributed by atoms with Gasteiger partial charge in [-0.2, -0.15) is 11.0 Å². The predicted octanol–water partition coefficient (Wildman–Crippen LogP) is -2.50. The Morgan fingerprint density at radius 3 is 2.62 bits per heavy atom. The molecule has 9 nitrogen and oxygen atoms in total. The average molecular weight is 554 g/mol. The number of carbonyl (C=O) groups excluding carboxylic acids is 1. The van der Waals surface area contributed by atoms with Gasteiger partial charge in [0.05, 0.1) is 11.3 Å². The van der Waals surface area contributed by atoms with E-state index in [1.807, 2.05) is 30.3 Å². The van der Waals surface area contributed by atoms with Gasteiger partial charge in [-0.25, -0.2) is 13.9 Å². The standard InChI is InChI=1S/C21H19FN4O2.HIO3/c1-2-25-9-3-4-15(12-25)14-5-7-18(8-6-14)26-13-16-10-17(22)11-19(20(16)24-26)21(27)28-23;2-1(3)4/h3-11,13H,2,12,23H2,1H3;2H. The molecular weight excluding hydrogens is 534 g/mol. The third kappa shape index (κ3) is 5.69. The number of fused-ring (bicyclic) bond motifs is 1. The maximum atomic E-state index is 13.8. The largest absolute Gasteiger partial charge is 0.503 e. The van der Waals surface area contributed by atoms with E-state index in [-0.39, 0.29) is 5.56 Å². The molecule has 0 atom stereocenters. The van der Waals surface area contributed by atoms with E-state index in [4.69, 9.17) is 16.2 Å². The van der Waals surface area contributed by atoms with Crippen LogP contribution >= 0.6 is 0 Å². The molecule has 1 aliphatic rings. The Bertz CT molecular complexity index is 1160. The summed E-state index contributed by atoms with van der Waals surface area (Å²) < 4.78 is 39.9. The second-order valence-electron chi connectivity index (χ2n) is 6.71. The molecule has 0 fully saturated rings. The summed E-state index contributed by atoms with van der Waals surface area (Å²) in [6, 6.07) is 10.3. The van der Waals surface area contributed by atoms with Crippen LogP contribution in [0.3, 0.4) is 0 Å². The van der Waals surface area contributed by atoms with Crippen molar-refractivity contribution in [3.05, 3.63) is 77.9 Å². The highest BCUT2D eigenvalue weighted by atomic mass is 127. The molecule has 1 aliphatic heterocycles. The number of hydrogen-bond donors (Lipinski definition) is 2. The second kappa shape index (κ2) is 10.7. The SMILES string of the molecule is CCN1C=CC=C(c2ccc(-n3cc4cc(F)cc(C(=O)ON)c4n3)cc2)C1.[O-][I+2]([O-])O. The Morgan fingerprint density at radius 1 is 1.31 bits per heavy atom. The van der Waals surface area contributed by atoms with Gasteiger partial charge in [0.2, 0.25) is 0 Å².